The van der Waals surface area contributed by atoms with Crippen LogP contribution in [0.5, 0.6) is 0 Å². The first kappa shape index (κ1) is 13.8. The molecule has 1 N–H and O–H groups in total. The number of nitrogens with zero attached hydrogens (tertiary/aromatic N) is 4. The lowest BCUT2D eigenvalue weighted by atomic mass is 10.1. The zero-order valence-corrected chi connectivity index (χ0v) is 11.9. The predicted octanol–water partition coefficient (Wildman–Crippen LogP) is 1.04. The number of hydrogen-bond donors (Lipinski definition) is 1. The summed E-state index contributed by atoms with van der Waals surface area (Å²) in [5, 5.41) is 8.64. The van der Waals surface area contributed by atoms with E-state index in [1.165, 1.54) is 0 Å². The first-order valence-electron chi connectivity index (χ1n) is 6.99. The number of imidazole rings is 1. The number of aliphatic carboxylic acids is 1. The van der Waals surface area contributed by atoms with Crippen LogP contribution < -0.4 is 4.90 Å². The molecular weight excluding hydrogens is 272 g/mol. The lowest BCUT2D eigenvalue weighted by Gasteiger charge is -2.32. The van der Waals surface area contributed by atoms with Crippen molar-refractivity contribution in [3.05, 3.63) is 18.6 Å². The minimum Gasteiger partial charge on any atom is -0.480 e. The van der Waals surface area contributed by atoms with Crippen LogP contribution in [0, 0.1) is 0 Å². The number of piperidine rings is 1. The molecule has 3 rings (SSSR count). The Bertz CT molecular complexity index is 647. The molecule has 112 valence electrons. The van der Waals surface area contributed by atoms with Crippen LogP contribution in [0.2, 0.25) is 0 Å². The van der Waals surface area contributed by atoms with Crippen LogP contribution in [0.15, 0.2) is 18.6 Å². The van der Waals surface area contributed by atoms with E-state index in [0.717, 1.165) is 42.8 Å². The predicted molar refractivity (Wildman–Crippen MR) is 77.3 cm³/mol. The first-order valence-corrected chi connectivity index (χ1v) is 6.99. The highest BCUT2D eigenvalue weighted by Gasteiger charge is 2.23. The fraction of sp³-hybridized carbons (Fsp3) is 0.500. The number of pyridine rings is 1. The minimum absolute atomic E-state index is 0.0142. The molecule has 0 bridgehead atoms. The first-order chi connectivity index (χ1) is 10.1. The standard InChI is InChI=1S/C14H18N4O3/c1-17-9-16-13-11(17)2-5-15-14(13)18-6-3-10(4-7-18)21-8-12(19)20/h2,5,9-10H,3-4,6-8H2,1H3,(H,19,20). The number of carbonyl (C=O) groups is 1. The van der Waals surface area contributed by atoms with E-state index in [4.69, 9.17) is 9.84 Å². The average Bonchev–Trinajstić information content (AvgIpc) is 2.87. The van der Waals surface area contributed by atoms with Crippen molar-refractivity contribution in [1.29, 1.82) is 0 Å². The molecule has 2 aromatic heterocycles. The number of carboxylic acid groups (broad SMARTS) is 1. The molecule has 1 aliphatic heterocycles. The van der Waals surface area contributed by atoms with Crippen molar-refractivity contribution in [2.75, 3.05) is 24.6 Å². The zero-order chi connectivity index (χ0) is 14.8. The molecule has 1 aliphatic rings. The van der Waals surface area contributed by atoms with Crippen molar-refractivity contribution >= 4 is 22.8 Å². The number of anilines is 1. The second kappa shape index (κ2) is 5.69. The molecule has 1 saturated heterocycles. The summed E-state index contributed by atoms with van der Waals surface area (Å²) in [5.41, 5.74) is 1.97. The molecular formula is C14H18N4O3. The summed E-state index contributed by atoms with van der Waals surface area (Å²) in [4.78, 5) is 21.6. The lowest BCUT2D eigenvalue weighted by Crippen LogP contribution is -2.38. The van der Waals surface area contributed by atoms with Gasteiger partial charge in [0.05, 0.1) is 17.9 Å². The van der Waals surface area contributed by atoms with E-state index in [9.17, 15) is 4.79 Å². The van der Waals surface area contributed by atoms with Crippen LogP contribution in [0.3, 0.4) is 0 Å². The monoisotopic (exact) mass is 290 g/mol. The van der Waals surface area contributed by atoms with Gasteiger partial charge >= 0.3 is 5.97 Å². The quantitative estimate of drug-likeness (QED) is 0.906. The molecule has 21 heavy (non-hydrogen) atoms. The Hall–Kier alpha value is -2.15. The Kier molecular flexibility index (Phi) is 3.74. The van der Waals surface area contributed by atoms with Crippen molar-refractivity contribution in [1.82, 2.24) is 14.5 Å². The molecule has 0 radical (unpaired) electrons. The van der Waals surface area contributed by atoms with Gasteiger partial charge in [0.2, 0.25) is 0 Å². The highest BCUT2D eigenvalue weighted by molar-refractivity contribution is 5.86. The van der Waals surface area contributed by atoms with Gasteiger partial charge in [0.25, 0.3) is 0 Å². The molecule has 7 nitrogen and oxygen atoms in total. The number of hydrogen-bond acceptors (Lipinski definition) is 5. The molecule has 1 fully saturated rings. The smallest absolute Gasteiger partial charge is 0.329 e. The molecule has 7 heteroatoms. The zero-order valence-electron chi connectivity index (χ0n) is 11.9. The number of fused-ring (bicyclic) bond motifs is 1. The molecule has 3 heterocycles. The molecule has 0 aromatic carbocycles. The van der Waals surface area contributed by atoms with Gasteiger partial charge in [0.15, 0.2) is 5.82 Å². The van der Waals surface area contributed by atoms with Gasteiger partial charge in [-0.25, -0.2) is 14.8 Å². The normalized spacial score (nSPS) is 16.5. The maximum Gasteiger partial charge on any atom is 0.329 e. The van der Waals surface area contributed by atoms with E-state index in [-0.39, 0.29) is 12.7 Å². The molecule has 0 amide bonds. The fourth-order valence-electron chi connectivity index (χ4n) is 2.70. The summed E-state index contributed by atoms with van der Waals surface area (Å²) in [6.45, 7) is 1.37. The van der Waals surface area contributed by atoms with Gasteiger partial charge in [-0.1, -0.05) is 0 Å². The van der Waals surface area contributed by atoms with Gasteiger partial charge in [-0.15, -0.1) is 0 Å². The van der Waals surface area contributed by atoms with Crippen molar-refractivity contribution in [3.8, 4) is 0 Å². The van der Waals surface area contributed by atoms with Gasteiger partial charge in [0.1, 0.15) is 12.1 Å². The SMILES string of the molecule is Cn1cnc2c(N3CCC(OCC(=O)O)CC3)nccc21. The Morgan fingerprint density at radius 2 is 2.19 bits per heavy atom. The van der Waals surface area contributed by atoms with Gasteiger partial charge in [0, 0.05) is 26.3 Å². The Morgan fingerprint density at radius 1 is 1.43 bits per heavy atom. The van der Waals surface area contributed by atoms with Crippen molar-refractivity contribution in [2.45, 2.75) is 18.9 Å². The molecule has 0 spiro atoms. The summed E-state index contributed by atoms with van der Waals surface area (Å²) in [7, 11) is 1.96. The minimum atomic E-state index is -0.919. The van der Waals surface area contributed by atoms with Gasteiger partial charge in [-0.05, 0) is 18.9 Å². The second-order valence-corrected chi connectivity index (χ2v) is 5.25. The van der Waals surface area contributed by atoms with Crippen LogP contribution in [0.1, 0.15) is 12.8 Å². The number of ether oxygens (including phenoxy) is 1. The van der Waals surface area contributed by atoms with E-state index in [1.54, 1.807) is 12.5 Å². The van der Waals surface area contributed by atoms with Crippen molar-refractivity contribution in [2.24, 2.45) is 7.05 Å². The number of rotatable bonds is 4. The van der Waals surface area contributed by atoms with E-state index in [0.29, 0.717) is 0 Å². The summed E-state index contributed by atoms with van der Waals surface area (Å²) in [6, 6.07) is 1.95. The van der Waals surface area contributed by atoms with Gasteiger partial charge in [-0.3, -0.25) is 0 Å². The van der Waals surface area contributed by atoms with Gasteiger partial charge < -0.3 is 19.3 Å². The van der Waals surface area contributed by atoms with Crippen molar-refractivity contribution < 1.29 is 14.6 Å². The fourth-order valence-corrected chi connectivity index (χ4v) is 2.70. The average molecular weight is 290 g/mol. The molecule has 0 atom stereocenters. The third kappa shape index (κ3) is 2.82. The summed E-state index contributed by atoms with van der Waals surface area (Å²) < 4.78 is 7.33. The number of carboxylic acids is 1. The second-order valence-electron chi connectivity index (χ2n) is 5.25. The number of aromatic nitrogens is 3. The van der Waals surface area contributed by atoms with Crippen LogP contribution in [0.25, 0.3) is 11.0 Å². The summed E-state index contributed by atoms with van der Waals surface area (Å²) in [5.74, 6) is -0.0258. The third-order valence-electron chi connectivity index (χ3n) is 3.81. The Morgan fingerprint density at radius 3 is 2.90 bits per heavy atom. The highest BCUT2D eigenvalue weighted by atomic mass is 16.5. The lowest BCUT2D eigenvalue weighted by molar-refractivity contribution is -0.144. The maximum absolute atomic E-state index is 10.5. The summed E-state index contributed by atoms with van der Waals surface area (Å²) in [6.07, 6.45) is 5.21. The largest absolute Gasteiger partial charge is 0.480 e. The van der Waals surface area contributed by atoms with Crippen molar-refractivity contribution in [3.63, 3.8) is 0 Å². The van der Waals surface area contributed by atoms with E-state index in [1.807, 2.05) is 17.7 Å². The molecule has 2 aromatic rings. The highest BCUT2D eigenvalue weighted by Crippen LogP contribution is 2.26. The maximum atomic E-state index is 10.5. The summed E-state index contributed by atoms with van der Waals surface area (Å²) >= 11 is 0. The Labute approximate surface area is 122 Å². The third-order valence-corrected chi connectivity index (χ3v) is 3.81. The molecule has 0 aliphatic carbocycles. The van der Waals surface area contributed by atoms with Crippen LogP contribution >= 0.6 is 0 Å². The van der Waals surface area contributed by atoms with Crippen LogP contribution in [-0.4, -0.2) is 51.4 Å². The van der Waals surface area contributed by atoms with E-state index < -0.39 is 5.97 Å². The molecule has 0 unspecified atom stereocenters. The van der Waals surface area contributed by atoms with Crippen LogP contribution in [0.4, 0.5) is 5.82 Å². The molecule has 0 saturated carbocycles. The van der Waals surface area contributed by atoms with E-state index >= 15 is 0 Å². The topological polar surface area (TPSA) is 80.5 Å². The Balaban J connectivity index is 1.70. The van der Waals surface area contributed by atoms with E-state index in [2.05, 4.69) is 14.9 Å². The van der Waals surface area contributed by atoms with Gasteiger partial charge in [-0.2, -0.15) is 0 Å². The number of aryl methyl sites for hydroxylation is 1. The van der Waals surface area contributed by atoms with Crippen LogP contribution in [-0.2, 0) is 16.6 Å².